The lowest BCUT2D eigenvalue weighted by Crippen LogP contribution is -2.38. The molecule has 0 aliphatic carbocycles. The maximum Gasteiger partial charge on any atom is 0.238 e. The highest BCUT2D eigenvalue weighted by molar-refractivity contribution is 5.25. The van der Waals surface area contributed by atoms with E-state index in [2.05, 4.69) is 9.97 Å². The van der Waals surface area contributed by atoms with Crippen molar-refractivity contribution < 1.29 is 14.6 Å². The predicted octanol–water partition coefficient (Wildman–Crippen LogP) is 0.975. The summed E-state index contributed by atoms with van der Waals surface area (Å²) in [6.07, 6.45) is 3.05. The van der Waals surface area contributed by atoms with Gasteiger partial charge < -0.3 is 14.6 Å². The monoisotopic (exact) mass is 226 g/mol. The van der Waals surface area contributed by atoms with Gasteiger partial charge in [0, 0.05) is 19.5 Å². The Hall–Kier alpha value is -1.20. The Bertz CT molecular complexity index is 344. The number of ether oxygens (including phenoxy) is 2. The van der Waals surface area contributed by atoms with Crippen LogP contribution in [-0.2, 0) is 10.3 Å². The van der Waals surface area contributed by atoms with Crippen molar-refractivity contribution >= 4 is 0 Å². The van der Waals surface area contributed by atoms with Crippen LogP contribution in [0.1, 0.15) is 19.5 Å². The summed E-state index contributed by atoms with van der Waals surface area (Å²) in [5, 5.41) is 10.6. The van der Waals surface area contributed by atoms with Crippen LogP contribution in [-0.4, -0.2) is 35.9 Å². The molecule has 0 aliphatic rings. The molecule has 0 radical (unpaired) electrons. The molecular weight excluding hydrogens is 208 g/mol. The maximum absolute atomic E-state index is 10.6. The van der Waals surface area contributed by atoms with Gasteiger partial charge >= 0.3 is 0 Å². The van der Waals surface area contributed by atoms with Crippen molar-refractivity contribution in [1.29, 1.82) is 0 Å². The highest BCUT2D eigenvalue weighted by Crippen LogP contribution is 2.32. The summed E-state index contributed by atoms with van der Waals surface area (Å²) in [6.45, 7) is 3.94. The van der Waals surface area contributed by atoms with Crippen LogP contribution in [0.2, 0.25) is 0 Å². The molecule has 0 amide bonds. The van der Waals surface area contributed by atoms with Crippen LogP contribution in [0.5, 0.6) is 5.88 Å². The molecule has 0 aromatic carbocycles. The number of aliphatic hydroxyl groups is 1. The first kappa shape index (κ1) is 12.9. The van der Waals surface area contributed by atoms with E-state index in [0.717, 1.165) is 0 Å². The van der Waals surface area contributed by atoms with Crippen molar-refractivity contribution in [2.45, 2.75) is 19.4 Å². The lowest BCUT2D eigenvalue weighted by molar-refractivity contribution is -0.0748. The molecule has 1 rings (SSSR count). The van der Waals surface area contributed by atoms with Gasteiger partial charge in [0.25, 0.3) is 0 Å². The molecule has 0 saturated carbocycles. The molecule has 0 saturated heterocycles. The third kappa shape index (κ3) is 2.31. The predicted molar refractivity (Wildman–Crippen MR) is 59.2 cm³/mol. The zero-order chi connectivity index (χ0) is 12.2. The summed E-state index contributed by atoms with van der Waals surface area (Å²) in [4.78, 5) is 8.17. The van der Waals surface area contributed by atoms with Gasteiger partial charge in [0.05, 0.1) is 13.7 Å². The molecule has 0 bridgehead atoms. The van der Waals surface area contributed by atoms with Gasteiger partial charge in [-0.25, -0.2) is 4.98 Å². The van der Waals surface area contributed by atoms with E-state index in [0.29, 0.717) is 11.6 Å². The summed E-state index contributed by atoms with van der Waals surface area (Å²) in [5.41, 5.74) is -0.775. The Morgan fingerprint density at radius 1 is 1.31 bits per heavy atom. The summed E-state index contributed by atoms with van der Waals surface area (Å²) >= 11 is 0. The van der Waals surface area contributed by atoms with Gasteiger partial charge in [-0.3, -0.25) is 4.98 Å². The summed E-state index contributed by atoms with van der Waals surface area (Å²) < 4.78 is 10.1. The first-order valence-electron chi connectivity index (χ1n) is 5.13. The van der Waals surface area contributed by atoms with Crippen LogP contribution in [0.4, 0.5) is 0 Å². The molecule has 16 heavy (non-hydrogen) atoms. The molecule has 1 heterocycles. The smallest absolute Gasteiger partial charge is 0.238 e. The highest BCUT2D eigenvalue weighted by atomic mass is 16.5. The van der Waals surface area contributed by atoms with E-state index in [1.54, 1.807) is 0 Å². The number of hydrogen-bond acceptors (Lipinski definition) is 5. The van der Waals surface area contributed by atoms with Crippen molar-refractivity contribution in [1.82, 2.24) is 9.97 Å². The summed E-state index contributed by atoms with van der Waals surface area (Å²) in [7, 11) is 3.04. The van der Waals surface area contributed by atoms with Gasteiger partial charge in [-0.2, -0.15) is 0 Å². The number of nitrogens with zero attached hydrogens (tertiary/aromatic N) is 2. The number of hydrogen-bond donors (Lipinski definition) is 1. The molecule has 5 heteroatoms. The lowest BCUT2D eigenvalue weighted by Gasteiger charge is -2.31. The van der Waals surface area contributed by atoms with Crippen molar-refractivity contribution in [2.24, 2.45) is 5.92 Å². The van der Waals surface area contributed by atoms with Gasteiger partial charge in [0.15, 0.2) is 0 Å². The molecule has 1 unspecified atom stereocenters. The first-order chi connectivity index (χ1) is 7.56. The third-order valence-corrected chi connectivity index (χ3v) is 2.59. The second-order valence-electron chi connectivity index (χ2n) is 3.93. The first-order valence-corrected chi connectivity index (χ1v) is 5.13. The molecule has 5 nitrogen and oxygen atoms in total. The number of methoxy groups -OCH3 is 2. The van der Waals surface area contributed by atoms with Gasteiger partial charge in [-0.15, -0.1) is 0 Å². The van der Waals surface area contributed by atoms with Crippen LogP contribution >= 0.6 is 0 Å². The molecule has 1 N–H and O–H groups in total. The zero-order valence-electron chi connectivity index (χ0n) is 10.1. The average molecular weight is 226 g/mol. The Kier molecular flexibility index (Phi) is 4.20. The minimum absolute atomic E-state index is 0.0574. The van der Waals surface area contributed by atoms with E-state index >= 15 is 0 Å². The van der Waals surface area contributed by atoms with E-state index in [9.17, 15) is 5.11 Å². The second kappa shape index (κ2) is 5.23. The maximum atomic E-state index is 10.6. The highest BCUT2D eigenvalue weighted by Gasteiger charge is 2.38. The Balaban J connectivity index is 3.20. The van der Waals surface area contributed by atoms with Crippen molar-refractivity contribution in [3.05, 3.63) is 18.1 Å². The molecule has 0 fully saturated rings. The van der Waals surface area contributed by atoms with Crippen LogP contribution < -0.4 is 4.74 Å². The Labute approximate surface area is 95.4 Å². The van der Waals surface area contributed by atoms with Crippen LogP contribution in [0, 0.1) is 5.92 Å². The van der Waals surface area contributed by atoms with Gasteiger partial charge in [0.2, 0.25) is 5.88 Å². The summed E-state index contributed by atoms with van der Waals surface area (Å²) in [5.74, 6) is 0.272. The molecule has 0 spiro atoms. The van der Waals surface area contributed by atoms with Crippen LogP contribution in [0.25, 0.3) is 0 Å². The normalized spacial score (nSPS) is 14.9. The van der Waals surface area contributed by atoms with E-state index < -0.39 is 5.60 Å². The quantitative estimate of drug-likeness (QED) is 0.810. The van der Waals surface area contributed by atoms with Gasteiger partial charge in [-0.05, 0) is 5.92 Å². The lowest BCUT2D eigenvalue weighted by atomic mass is 9.87. The van der Waals surface area contributed by atoms with Gasteiger partial charge in [0.1, 0.15) is 11.3 Å². The minimum Gasteiger partial charge on any atom is -0.480 e. The van der Waals surface area contributed by atoms with Gasteiger partial charge in [-0.1, -0.05) is 13.8 Å². The molecule has 1 atom stereocenters. The Morgan fingerprint density at radius 2 is 1.94 bits per heavy atom. The van der Waals surface area contributed by atoms with Crippen molar-refractivity contribution in [3.63, 3.8) is 0 Å². The summed E-state index contributed by atoms with van der Waals surface area (Å²) in [6, 6.07) is 0. The minimum atomic E-state index is -1.19. The second-order valence-corrected chi connectivity index (χ2v) is 3.93. The topological polar surface area (TPSA) is 64.5 Å². The van der Waals surface area contributed by atoms with Crippen LogP contribution in [0.3, 0.4) is 0 Å². The van der Waals surface area contributed by atoms with E-state index in [1.807, 2.05) is 13.8 Å². The fourth-order valence-corrected chi connectivity index (χ4v) is 1.50. The van der Waals surface area contributed by atoms with E-state index in [1.165, 1.54) is 26.6 Å². The third-order valence-electron chi connectivity index (χ3n) is 2.59. The molecule has 0 aliphatic heterocycles. The molecular formula is C11H18N2O3. The fraction of sp³-hybridized carbons (Fsp3) is 0.636. The largest absolute Gasteiger partial charge is 0.480 e. The fourth-order valence-electron chi connectivity index (χ4n) is 1.50. The molecule has 1 aromatic heterocycles. The zero-order valence-corrected chi connectivity index (χ0v) is 10.1. The number of aromatic nitrogens is 2. The van der Waals surface area contributed by atoms with E-state index in [-0.39, 0.29) is 12.5 Å². The standard InChI is InChI=1S/C11H18N2O3/c1-8(2)11(14,7-15-3)9-10(16-4)13-6-5-12-9/h5-6,8,14H,7H2,1-4H3. The number of rotatable bonds is 5. The Morgan fingerprint density at radius 3 is 2.44 bits per heavy atom. The SMILES string of the molecule is COCC(O)(c1nccnc1OC)C(C)C. The van der Waals surface area contributed by atoms with E-state index in [4.69, 9.17) is 9.47 Å². The van der Waals surface area contributed by atoms with Crippen LogP contribution in [0.15, 0.2) is 12.4 Å². The molecule has 1 aromatic rings. The average Bonchev–Trinajstić information content (AvgIpc) is 2.29. The molecule has 90 valence electrons. The van der Waals surface area contributed by atoms with Crippen molar-refractivity contribution in [3.8, 4) is 5.88 Å². The van der Waals surface area contributed by atoms with Crippen molar-refractivity contribution in [2.75, 3.05) is 20.8 Å².